The van der Waals surface area contributed by atoms with E-state index >= 15 is 0 Å². The molecule has 1 amide bonds. The van der Waals surface area contributed by atoms with Gasteiger partial charge in [0.05, 0.1) is 12.6 Å². The van der Waals surface area contributed by atoms with Crippen LogP contribution in [0.25, 0.3) is 0 Å². The number of carboxylic acids is 1. The summed E-state index contributed by atoms with van der Waals surface area (Å²) in [7, 11) is 0. The SMILES string of the molecule is CC(=O)N[C@H]1[C@H]([C@H](O)[C@H](O)CO)O[C@](O)(C(=O)[O-])C[C@@H]1OC(C)=O. The second-order valence-electron chi connectivity index (χ2n) is 5.47. The minimum Gasteiger partial charge on any atom is -0.544 e. The van der Waals surface area contributed by atoms with Gasteiger partial charge in [0, 0.05) is 20.3 Å². The van der Waals surface area contributed by atoms with Crippen molar-refractivity contribution in [2.75, 3.05) is 6.61 Å². The molecule has 0 bridgehead atoms. The largest absolute Gasteiger partial charge is 0.544 e. The van der Waals surface area contributed by atoms with Crippen LogP contribution in [0.1, 0.15) is 20.3 Å². The Morgan fingerprint density at radius 2 is 1.96 bits per heavy atom. The fraction of sp³-hybridized carbons (Fsp3) is 0.769. The molecule has 1 heterocycles. The summed E-state index contributed by atoms with van der Waals surface area (Å²) in [5.41, 5.74) is 0. The normalized spacial score (nSPS) is 32.5. The second kappa shape index (κ2) is 7.85. The summed E-state index contributed by atoms with van der Waals surface area (Å²) in [5, 5.41) is 52.0. The number of aliphatic hydroxyl groups is 4. The molecular formula is C13H20NO10-. The van der Waals surface area contributed by atoms with E-state index in [2.05, 4.69) is 5.32 Å². The molecule has 5 N–H and O–H groups in total. The van der Waals surface area contributed by atoms with E-state index in [1.807, 2.05) is 0 Å². The van der Waals surface area contributed by atoms with Crippen LogP contribution in [0, 0.1) is 0 Å². The topological polar surface area (TPSA) is 186 Å². The number of carboxylic acid groups (broad SMARTS) is 1. The predicted octanol–water partition coefficient (Wildman–Crippen LogP) is -4.64. The molecule has 1 aliphatic rings. The number of hydrogen-bond acceptors (Lipinski definition) is 10. The van der Waals surface area contributed by atoms with Gasteiger partial charge in [-0.1, -0.05) is 0 Å². The van der Waals surface area contributed by atoms with Crippen LogP contribution in [0.5, 0.6) is 0 Å². The summed E-state index contributed by atoms with van der Waals surface area (Å²) in [6, 6.07) is -1.29. The van der Waals surface area contributed by atoms with Crippen molar-refractivity contribution in [1.82, 2.24) is 5.32 Å². The maximum atomic E-state index is 11.4. The van der Waals surface area contributed by atoms with Crippen molar-refractivity contribution in [2.24, 2.45) is 0 Å². The molecule has 1 rings (SSSR count). The minimum absolute atomic E-state index is 0.629. The third-order valence-electron chi connectivity index (χ3n) is 3.49. The lowest BCUT2D eigenvalue weighted by atomic mass is 9.88. The summed E-state index contributed by atoms with van der Waals surface area (Å²) in [6.07, 6.45) is -7.56. The van der Waals surface area contributed by atoms with Crippen molar-refractivity contribution in [2.45, 2.75) is 56.5 Å². The lowest BCUT2D eigenvalue weighted by Gasteiger charge is -2.47. The van der Waals surface area contributed by atoms with Gasteiger partial charge in [-0.2, -0.15) is 0 Å². The Balaban J connectivity index is 3.25. The third-order valence-corrected chi connectivity index (χ3v) is 3.49. The fourth-order valence-corrected chi connectivity index (χ4v) is 2.44. The molecule has 0 radical (unpaired) electrons. The van der Waals surface area contributed by atoms with Crippen LogP contribution in [-0.4, -0.2) is 81.1 Å². The maximum absolute atomic E-state index is 11.4. The molecule has 0 aliphatic carbocycles. The summed E-state index contributed by atoms with van der Waals surface area (Å²) in [6.45, 7) is 1.22. The number of aliphatic hydroxyl groups excluding tert-OH is 3. The number of esters is 1. The lowest BCUT2D eigenvalue weighted by Crippen LogP contribution is -2.69. The number of nitrogens with one attached hydrogen (secondary N) is 1. The van der Waals surface area contributed by atoms with Crippen molar-refractivity contribution in [3.8, 4) is 0 Å². The number of hydrogen-bond donors (Lipinski definition) is 5. The summed E-state index contributed by atoms with van der Waals surface area (Å²) < 4.78 is 9.82. The molecule has 0 spiro atoms. The first-order valence-electron chi connectivity index (χ1n) is 7.04. The Morgan fingerprint density at radius 1 is 1.38 bits per heavy atom. The molecule has 1 aliphatic heterocycles. The summed E-state index contributed by atoms with van der Waals surface area (Å²) in [4.78, 5) is 33.7. The zero-order valence-electron chi connectivity index (χ0n) is 13.0. The van der Waals surface area contributed by atoms with Crippen LogP contribution in [0.3, 0.4) is 0 Å². The van der Waals surface area contributed by atoms with E-state index in [1.54, 1.807) is 0 Å². The van der Waals surface area contributed by atoms with E-state index in [0.717, 1.165) is 13.8 Å². The Hall–Kier alpha value is -1.79. The highest BCUT2D eigenvalue weighted by Gasteiger charge is 2.52. The Kier molecular flexibility index (Phi) is 6.63. The van der Waals surface area contributed by atoms with Crippen molar-refractivity contribution < 1.29 is 49.4 Å². The first-order valence-corrected chi connectivity index (χ1v) is 7.04. The van der Waals surface area contributed by atoms with Crippen molar-refractivity contribution in [1.29, 1.82) is 0 Å². The van der Waals surface area contributed by atoms with E-state index < -0.39 is 67.1 Å². The quantitative estimate of drug-likeness (QED) is 0.292. The van der Waals surface area contributed by atoms with Gasteiger partial charge in [0.15, 0.2) is 0 Å². The van der Waals surface area contributed by atoms with Crippen LogP contribution in [0.4, 0.5) is 0 Å². The Labute approximate surface area is 136 Å². The fourth-order valence-electron chi connectivity index (χ4n) is 2.44. The molecule has 11 nitrogen and oxygen atoms in total. The zero-order chi connectivity index (χ0) is 18.7. The van der Waals surface area contributed by atoms with Gasteiger partial charge in [-0.3, -0.25) is 9.59 Å². The summed E-state index contributed by atoms with van der Waals surface area (Å²) in [5.74, 6) is -6.46. The third kappa shape index (κ3) is 4.61. The molecule has 1 saturated heterocycles. The molecule has 0 aromatic heterocycles. The van der Waals surface area contributed by atoms with Crippen molar-refractivity contribution in [3.63, 3.8) is 0 Å². The Bertz CT molecular complexity index is 497. The molecule has 0 saturated carbocycles. The van der Waals surface area contributed by atoms with E-state index in [4.69, 9.17) is 14.6 Å². The Morgan fingerprint density at radius 3 is 2.38 bits per heavy atom. The predicted molar refractivity (Wildman–Crippen MR) is 71.7 cm³/mol. The molecule has 11 heteroatoms. The maximum Gasteiger partial charge on any atom is 0.302 e. The number of rotatable bonds is 6. The molecule has 24 heavy (non-hydrogen) atoms. The molecular weight excluding hydrogens is 330 g/mol. The minimum atomic E-state index is -2.93. The van der Waals surface area contributed by atoms with Crippen molar-refractivity contribution >= 4 is 17.8 Å². The van der Waals surface area contributed by atoms with Gasteiger partial charge in [0.25, 0.3) is 0 Å². The highest BCUT2D eigenvalue weighted by atomic mass is 16.7. The number of carbonyl (C=O) groups excluding carboxylic acids is 3. The molecule has 6 atom stereocenters. The second-order valence-corrected chi connectivity index (χ2v) is 5.47. The van der Waals surface area contributed by atoms with Gasteiger partial charge in [0.1, 0.15) is 30.4 Å². The molecule has 138 valence electrons. The van der Waals surface area contributed by atoms with Gasteiger partial charge in [-0.05, 0) is 0 Å². The summed E-state index contributed by atoms with van der Waals surface area (Å²) >= 11 is 0. The van der Waals surface area contributed by atoms with Crippen LogP contribution in [-0.2, 0) is 23.9 Å². The van der Waals surface area contributed by atoms with E-state index in [1.165, 1.54) is 0 Å². The van der Waals surface area contributed by atoms with Gasteiger partial charge >= 0.3 is 5.97 Å². The highest BCUT2D eigenvalue weighted by Crippen LogP contribution is 2.31. The van der Waals surface area contributed by atoms with Crippen molar-refractivity contribution in [3.05, 3.63) is 0 Å². The standard InChI is InChI=1S/C13H21NO10/c1-5(16)14-9-8(23-6(2)17)3-13(22,12(20)21)24-11(9)10(19)7(18)4-15/h7-11,15,18-19,22H,3-4H2,1-2H3,(H,14,16)(H,20,21)/p-1/t7-,8+,9-,10-,11-,13+/m1/s1. The zero-order valence-corrected chi connectivity index (χ0v) is 13.0. The van der Waals surface area contributed by atoms with E-state index in [0.29, 0.717) is 0 Å². The smallest absolute Gasteiger partial charge is 0.302 e. The van der Waals surface area contributed by atoms with Crippen LogP contribution in [0.2, 0.25) is 0 Å². The number of carbonyl (C=O) groups is 3. The van der Waals surface area contributed by atoms with Crippen LogP contribution in [0.15, 0.2) is 0 Å². The van der Waals surface area contributed by atoms with Gasteiger partial charge in [-0.25, -0.2) is 0 Å². The molecule has 0 aromatic rings. The van der Waals surface area contributed by atoms with Crippen LogP contribution < -0.4 is 10.4 Å². The van der Waals surface area contributed by atoms with E-state index in [-0.39, 0.29) is 0 Å². The monoisotopic (exact) mass is 350 g/mol. The highest BCUT2D eigenvalue weighted by molar-refractivity contribution is 5.75. The molecule has 0 unspecified atom stereocenters. The average Bonchev–Trinajstić information content (AvgIpc) is 2.47. The lowest BCUT2D eigenvalue weighted by molar-refractivity contribution is -0.374. The first-order chi connectivity index (χ1) is 11.0. The van der Waals surface area contributed by atoms with Gasteiger partial charge in [0.2, 0.25) is 11.7 Å². The first kappa shape index (κ1) is 20.3. The molecule has 0 aromatic carbocycles. The van der Waals surface area contributed by atoms with Gasteiger partial charge in [-0.15, -0.1) is 0 Å². The number of ether oxygens (including phenoxy) is 2. The van der Waals surface area contributed by atoms with Crippen LogP contribution >= 0.6 is 0 Å². The van der Waals surface area contributed by atoms with E-state index in [9.17, 15) is 34.8 Å². The van der Waals surface area contributed by atoms with Gasteiger partial charge < -0.3 is 45.1 Å². The molecule has 1 fully saturated rings. The number of aliphatic carboxylic acids is 1. The number of amides is 1. The average molecular weight is 350 g/mol.